The van der Waals surface area contributed by atoms with Gasteiger partial charge in [-0.2, -0.15) is 0 Å². The van der Waals surface area contributed by atoms with E-state index in [4.69, 9.17) is 8.37 Å². The van der Waals surface area contributed by atoms with Crippen LogP contribution in [0.3, 0.4) is 0 Å². The second-order valence-electron chi connectivity index (χ2n) is 2.80. The van der Waals surface area contributed by atoms with E-state index in [1.807, 2.05) is 12.1 Å². The van der Waals surface area contributed by atoms with Crippen LogP contribution in [0.1, 0.15) is 6.42 Å². The maximum absolute atomic E-state index is 5.29. The van der Waals surface area contributed by atoms with Crippen molar-refractivity contribution in [2.24, 2.45) is 0 Å². The molecule has 1 saturated heterocycles. The van der Waals surface area contributed by atoms with Gasteiger partial charge in [0, 0.05) is 10.4 Å². The van der Waals surface area contributed by atoms with E-state index in [1.165, 1.54) is 10.4 Å². The molecule has 0 aromatic heterocycles. The van der Waals surface area contributed by atoms with Gasteiger partial charge in [-0.05, 0) is 0 Å². The van der Waals surface area contributed by atoms with E-state index in [1.54, 1.807) is 0 Å². The SMILES string of the molecule is c1ccc2c(c1)=C1CC=2OSO1. The summed E-state index contributed by atoms with van der Waals surface area (Å²) in [5.41, 5.74) is 0. The summed E-state index contributed by atoms with van der Waals surface area (Å²) < 4.78 is 10.6. The summed E-state index contributed by atoms with van der Waals surface area (Å²) in [5.74, 6) is 2.05. The molecule has 0 atom stereocenters. The number of hydrogen-bond acceptors (Lipinski definition) is 3. The maximum Gasteiger partial charge on any atom is 0.292 e. The Balaban J connectivity index is 2.52. The highest BCUT2D eigenvalue weighted by molar-refractivity contribution is 7.90. The minimum Gasteiger partial charge on any atom is -0.395 e. The Morgan fingerprint density at radius 1 is 1.00 bits per heavy atom. The lowest BCUT2D eigenvalue weighted by Crippen LogP contribution is -2.22. The van der Waals surface area contributed by atoms with Crippen molar-refractivity contribution in [3.05, 3.63) is 34.7 Å². The van der Waals surface area contributed by atoms with Gasteiger partial charge in [-0.15, -0.1) is 0 Å². The Bertz CT molecular complexity index is 409. The molecule has 0 unspecified atom stereocenters. The average Bonchev–Trinajstić information content (AvgIpc) is 2.41. The van der Waals surface area contributed by atoms with Gasteiger partial charge < -0.3 is 8.37 Å². The molecule has 3 heteroatoms. The molecule has 0 amide bonds. The monoisotopic (exact) mass is 178 g/mol. The van der Waals surface area contributed by atoms with Gasteiger partial charge in [0.25, 0.3) is 12.3 Å². The van der Waals surface area contributed by atoms with Gasteiger partial charge >= 0.3 is 0 Å². The standard InChI is InChI=1S/C9H6O2S/c1-2-4-7-6(3-1)8-5-9(7)11-12-10-8/h1-4H,5H2. The minimum atomic E-state index is 0.812. The zero-order valence-electron chi connectivity index (χ0n) is 6.24. The third kappa shape index (κ3) is 0.716. The molecule has 1 aliphatic heterocycles. The summed E-state index contributed by atoms with van der Waals surface area (Å²) in [6, 6.07) is 8.15. The molecule has 60 valence electrons. The predicted octanol–water partition coefficient (Wildman–Crippen LogP) is 0.917. The first-order valence-corrected chi connectivity index (χ1v) is 4.44. The van der Waals surface area contributed by atoms with Gasteiger partial charge in [0.1, 0.15) is 11.5 Å². The van der Waals surface area contributed by atoms with Crippen LogP contribution in [0.25, 0.3) is 11.5 Å². The fraction of sp³-hybridized carbons (Fsp3) is 0.111. The van der Waals surface area contributed by atoms with Gasteiger partial charge in [0.2, 0.25) is 0 Å². The minimum absolute atomic E-state index is 0.812. The lowest BCUT2D eigenvalue weighted by molar-refractivity contribution is 0.442. The summed E-state index contributed by atoms with van der Waals surface area (Å²) in [4.78, 5) is 0. The van der Waals surface area contributed by atoms with Crippen molar-refractivity contribution in [1.29, 1.82) is 0 Å². The van der Waals surface area contributed by atoms with E-state index in [0.717, 1.165) is 30.3 Å². The van der Waals surface area contributed by atoms with Crippen LogP contribution >= 0.6 is 12.3 Å². The summed E-state index contributed by atoms with van der Waals surface area (Å²) in [6.07, 6.45) is 0.812. The van der Waals surface area contributed by atoms with Crippen LogP contribution in [0, 0.1) is 0 Å². The smallest absolute Gasteiger partial charge is 0.292 e. The van der Waals surface area contributed by atoms with Gasteiger partial charge in [0.05, 0.1) is 6.42 Å². The molecule has 1 aromatic carbocycles. The van der Waals surface area contributed by atoms with Crippen molar-refractivity contribution in [2.75, 3.05) is 0 Å². The highest BCUT2D eigenvalue weighted by Crippen LogP contribution is 2.31. The summed E-state index contributed by atoms with van der Waals surface area (Å²) in [6.45, 7) is 0. The Hall–Kier alpha value is -1.09. The van der Waals surface area contributed by atoms with Gasteiger partial charge in [-0.1, -0.05) is 24.3 Å². The molecule has 12 heavy (non-hydrogen) atoms. The molecule has 1 heterocycles. The van der Waals surface area contributed by atoms with Crippen LogP contribution in [-0.4, -0.2) is 0 Å². The van der Waals surface area contributed by atoms with E-state index in [9.17, 15) is 0 Å². The summed E-state index contributed by atoms with van der Waals surface area (Å²) in [7, 11) is 0. The van der Waals surface area contributed by atoms with Crippen LogP contribution in [-0.2, 0) is 8.37 Å². The van der Waals surface area contributed by atoms with Crippen LogP contribution in [0.15, 0.2) is 24.3 Å². The number of rotatable bonds is 0. The number of hydrogen-bond donors (Lipinski definition) is 0. The van der Waals surface area contributed by atoms with E-state index in [2.05, 4.69) is 12.1 Å². The van der Waals surface area contributed by atoms with Crippen molar-refractivity contribution < 1.29 is 8.37 Å². The Labute approximate surface area is 73.9 Å². The molecule has 0 N–H and O–H groups in total. The zero-order valence-corrected chi connectivity index (χ0v) is 7.06. The molecule has 0 spiro atoms. The van der Waals surface area contributed by atoms with Crippen molar-refractivity contribution in [1.82, 2.24) is 0 Å². The third-order valence-corrected chi connectivity index (χ3v) is 2.66. The predicted molar refractivity (Wildman–Crippen MR) is 46.9 cm³/mol. The summed E-state index contributed by atoms with van der Waals surface area (Å²) in [5, 5.41) is 2.36. The Morgan fingerprint density at radius 2 is 1.58 bits per heavy atom. The normalized spacial score (nSPS) is 18.3. The lowest BCUT2D eigenvalue weighted by atomic mass is 10.3. The lowest BCUT2D eigenvalue weighted by Gasteiger charge is -2.11. The number of fused-ring (bicyclic) bond motifs is 3. The third-order valence-electron chi connectivity index (χ3n) is 2.12. The maximum atomic E-state index is 5.29. The highest BCUT2D eigenvalue weighted by atomic mass is 32.2. The van der Waals surface area contributed by atoms with Crippen molar-refractivity contribution >= 4 is 23.8 Å². The fourth-order valence-corrected chi connectivity index (χ4v) is 2.05. The molecular weight excluding hydrogens is 172 g/mol. The van der Waals surface area contributed by atoms with E-state index < -0.39 is 0 Å². The van der Waals surface area contributed by atoms with E-state index in [0.29, 0.717) is 0 Å². The molecule has 2 aliphatic rings. The van der Waals surface area contributed by atoms with Crippen LogP contribution in [0.5, 0.6) is 0 Å². The van der Waals surface area contributed by atoms with Crippen LogP contribution < -0.4 is 10.4 Å². The van der Waals surface area contributed by atoms with Crippen LogP contribution in [0.2, 0.25) is 0 Å². The van der Waals surface area contributed by atoms with Crippen molar-refractivity contribution in [3.63, 3.8) is 0 Å². The molecule has 1 fully saturated rings. The molecule has 0 saturated carbocycles. The molecule has 1 aromatic rings. The Kier molecular flexibility index (Phi) is 1.18. The molecule has 3 rings (SSSR count). The molecule has 0 radical (unpaired) electrons. The highest BCUT2D eigenvalue weighted by Gasteiger charge is 2.22. The van der Waals surface area contributed by atoms with Gasteiger partial charge in [0.15, 0.2) is 0 Å². The van der Waals surface area contributed by atoms with Gasteiger partial charge in [-0.3, -0.25) is 0 Å². The van der Waals surface area contributed by atoms with E-state index in [-0.39, 0.29) is 0 Å². The quantitative estimate of drug-likeness (QED) is 0.550. The van der Waals surface area contributed by atoms with Crippen molar-refractivity contribution in [3.8, 4) is 0 Å². The Morgan fingerprint density at radius 3 is 2.17 bits per heavy atom. The van der Waals surface area contributed by atoms with Gasteiger partial charge in [-0.25, -0.2) is 0 Å². The topological polar surface area (TPSA) is 18.5 Å². The van der Waals surface area contributed by atoms with Crippen molar-refractivity contribution in [2.45, 2.75) is 6.42 Å². The largest absolute Gasteiger partial charge is 0.395 e. The molecular formula is C9H6O2S. The fourth-order valence-electron chi connectivity index (χ4n) is 1.55. The first-order chi connectivity index (χ1) is 5.95. The molecule has 2 nitrogen and oxygen atoms in total. The van der Waals surface area contributed by atoms with Crippen LogP contribution in [0.4, 0.5) is 0 Å². The average molecular weight is 178 g/mol. The second-order valence-corrected chi connectivity index (χ2v) is 3.27. The zero-order chi connectivity index (χ0) is 7.97. The first kappa shape index (κ1) is 6.43. The second kappa shape index (κ2) is 2.20. The molecule has 2 bridgehead atoms. The molecule has 1 aliphatic carbocycles. The number of benzene rings is 1. The van der Waals surface area contributed by atoms with E-state index >= 15 is 0 Å². The first-order valence-electron chi connectivity index (χ1n) is 3.78. The summed E-state index contributed by atoms with van der Waals surface area (Å²) >= 11 is 1.06.